The first kappa shape index (κ1) is 18.9. The average Bonchev–Trinajstić information content (AvgIpc) is 3.24. The van der Waals surface area contributed by atoms with Crippen LogP contribution in [0.2, 0.25) is 0 Å². The van der Waals surface area contributed by atoms with E-state index in [1.165, 1.54) is 11.1 Å². The number of benzene rings is 3. The summed E-state index contributed by atoms with van der Waals surface area (Å²) in [6.07, 6.45) is 2.72. The lowest BCUT2D eigenvalue weighted by atomic mass is 10.1. The van der Waals surface area contributed by atoms with Crippen molar-refractivity contribution in [3.63, 3.8) is 0 Å². The van der Waals surface area contributed by atoms with Crippen molar-refractivity contribution in [2.45, 2.75) is 19.1 Å². The van der Waals surface area contributed by atoms with Crippen LogP contribution in [0.4, 0.5) is 0 Å². The zero-order chi connectivity index (χ0) is 19.9. The number of hydrogen-bond acceptors (Lipinski definition) is 4. The maximum Gasteiger partial charge on any atom is 0.134 e. The highest BCUT2D eigenvalue weighted by Gasteiger charge is 2.14. The van der Waals surface area contributed by atoms with Gasteiger partial charge in [0.05, 0.1) is 12.8 Å². The van der Waals surface area contributed by atoms with Gasteiger partial charge in [-0.25, -0.2) is 4.68 Å². The lowest BCUT2D eigenvalue weighted by Crippen LogP contribution is -2.15. The van der Waals surface area contributed by atoms with Gasteiger partial charge in [-0.15, -0.1) is 5.10 Å². The van der Waals surface area contributed by atoms with E-state index in [9.17, 15) is 5.11 Å². The van der Waals surface area contributed by atoms with Crippen LogP contribution >= 0.6 is 0 Å². The number of rotatable bonds is 8. The summed E-state index contributed by atoms with van der Waals surface area (Å²) in [5, 5.41) is 18.1. The molecule has 0 bridgehead atoms. The molecule has 1 unspecified atom stereocenters. The lowest BCUT2D eigenvalue weighted by molar-refractivity contribution is 0.239. The van der Waals surface area contributed by atoms with E-state index < -0.39 is 0 Å². The van der Waals surface area contributed by atoms with Crippen molar-refractivity contribution >= 4 is 0 Å². The molecule has 0 saturated carbocycles. The van der Waals surface area contributed by atoms with Gasteiger partial charge in [0, 0.05) is 0 Å². The number of aliphatic hydroxyl groups excluding tert-OH is 1. The first-order valence-electron chi connectivity index (χ1n) is 9.64. The summed E-state index contributed by atoms with van der Waals surface area (Å²) >= 11 is 0. The second kappa shape index (κ2) is 9.17. The zero-order valence-corrected chi connectivity index (χ0v) is 16.1. The molecule has 5 heteroatoms. The highest BCUT2D eigenvalue weighted by atomic mass is 16.5. The van der Waals surface area contributed by atoms with Crippen LogP contribution in [0.1, 0.15) is 28.4 Å². The number of ether oxygens (including phenoxy) is 1. The fraction of sp³-hybridized carbons (Fsp3) is 0.167. The molecule has 0 amide bonds. The van der Waals surface area contributed by atoms with E-state index in [2.05, 4.69) is 46.7 Å². The summed E-state index contributed by atoms with van der Waals surface area (Å²) < 4.78 is 7.53. The third-order valence-corrected chi connectivity index (χ3v) is 4.80. The Hall–Kier alpha value is -3.44. The molecule has 29 heavy (non-hydrogen) atoms. The molecular weight excluding hydrogens is 362 g/mol. The van der Waals surface area contributed by atoms with Crippen molar-refractivity contribution < 1.29 is 9.84 Å². The van der Waals surface area contributed by atoms with E-state index in [4.69, 9.17) is 4.74 Å². The van der Waals surface area contributed by atoms with Gasteiger partial charge in [0.15, 0.2) is 0 Å². The SMILES string of the molecule is OCC(c1ccccc1)n1cc(COc2ccc(Cc3ccccc3)cc2)nn1. The Balaban J connectivity index is 1.36. The minimum atomic E-state index is -0.255. The van der Waals surface area contributed by atoms with E-state index in [1.807, 2.05) is 54.7 Å². The second-order valence-electron chi connectivity index (χ2n) is 6.89. The third kappa shape index (κ3) is 4.89. The van der Waals surface area contributed by atoms with Gasteiger partial charge >= 0.3 is 0 Å². The number of hydrogen-bond donors (Lipinski definition) is 1. The van der Waals surface area contributed by atoms with Crippen molar-refractivity contribution in [2.75, 3.05) is 6.61 Å². The van der Waals surface area contributed by atoms with Crippen LogP contribution in [0.5, 0.6) is 5.75 Å². The normalized spacial score (nSPS) is 11.9. The molecule has 1 aromatic heterocycles. The first-order chi connectivity index (χ1) is 14.3. The van der Waals surface area contributed by atoms with Crippen molar-refractivity contribution in [3.05, 3.63) is 114 Å². The number of aliphatic hydroxyl groups is 1. The quantitative estimate of drug-likeness (QED) is 0.497. The third-order valence-electron chi connectivity index (χ3n) is 4.80. The molecule has 1 heterocycles. The summed E-state index contributed by atoms with van der Waals surface area (Å²) in [5.74, 6) is 0.790. The average molecular weight is 385 g/mol. The monoisotopic (exact) mass is 385 g/mol. The zero-order valence-electron chi connectivity index (χ0n) is 16.1. The van der Waals surface area contributed by atoms with E-state index in [-0.39, 0.29) is 12.6 Å². The van der Waals surface area contributed by atoms with Crippen molar-refractivity contribution in [3.8, 4) is 5.75 Å². The Kier molecular flexibility index (Phi) is 5.98. The molecule has 5 nitrogen and oxygen atoms in total. The van der Waals surface area contributed by atoms with Crippen LogP contribution in [-0.4, -0.2) is 26.7 Å². The van der Waals surface area contributed by atoms with Crippen LogP contribution < -0.4 is 4.74 Å². The largest absolute Gasteiger partial charge is 0.487 e. The van der Waals surface area contributed by atoms with Gasteiger partial charge in [0.2, 0.25) is 0 Å². The summed E-state index contributed by atoms with van der Waals surface area (Å²) in [6, 6.07) is 28.0. The van der Waals surface area contributed by atoms with E-state index in [0.717, 1.165) is 17.7 Å². The summed E-state index contributed by atoms with van der Waals surface area (Å²) in [5.41, 5.74) is 4.23. The van der Waals surface area contributed by atoms with Gasteiger partial charge in [-0.3, -0.25) is 0 Å². The Labute approximate surface area is 170 Å². The van der Waals surface area contributed by atoms with Crippen LogP contribution in [0.15, 0.2) is 91.1 Å². The minimum absolute atomic E-state index is 0.0451. The smallest absolute Gasteiger partial charge is 0.134 e. The molecule has 0 aliphatic heterocycles. The van der Waals surface area contributed by atoms with Crippen molar-refractivity contribution in [2.24, 2.45) is 0 Å². The molecule has 0 fully saturated rings. The predicted octanol–water partition coefficient (Wildman–Crippen LogP) is 4.03. The van der Waals surface area contributed by atoms with Gasteiger partial charge in [-0.2, -0.15) is 0 Å². The maximum atomic E-state index is 9.76. The Morgan fingerprint density at radius 2 is 1.48 bits per heavy atom. The first-order valence-corrected chi connectivity index (χ1v) is 9.64. The molecule has 146 valence electrons. The molecule has 4 rings (SSSR count). The van der Waals surface area contributed by atoms with Crippen LogP contribution in [-0.2, 0) is 13.0 Å². The van der Waals surface area contributed by atoms with Gasteiger partial charge in [-0.1, -0.05) is 78.0 Å². The minimum Gasteiger partial charge on any atom is -0.487 e. The van der Waals surface area contributed by atoms with Crippen LogP contribution in [0.3, 0.4) is 0 Å². The fourth-order valence-corrected chi connectivity index (χ4v) is 3.24. The molecule has 1 atom stereocenters. The molecule has 0 aliphatic carbocycles. The maximum absolute atomic E-state index is 9.76. The summed E-state index contributed by atoms with van der Waals surface area (Å²) in [7, 11) is 0. The van der Waals surface area contributed by atoms with Crippen LogP contribution in [0.25, 0.3) is 0 Å². The molecular formula is C24H23N3O2. The van der Waals surface area contributed by atoms with Gasteiger partial charge in [0.25, 0.3) is 0 Å². The predicted molar refractivity (Wildman–Crippen MR) is 112 cm³/mol. The Bertz CT molecular complexity index is 1010. The summed E-state index contributed by atoms with van der Waals surface area (Å²) in [6.45, 7) is 0.279. The topological polar surface area (TPSA) is 60.2 Å². The Morgan fingerprint density at radius 1 is 0.828 bits per heavy atom. The molecule has 0 saturated heterocycles. The van der Waals surface area contributed by atoms with Crippen LogP contribution in [0, 0.1) is 0 Å². The Morgan fingerprint density at radius 3 is 2.17 bits per heavy atom. The number of aromatic nitrogens is 3. The van der Waals surface area contributed by atoms with Gasteiger partial charge in [-0.05, 0) is 35.2 Å². The molecule has 3 aromatic carbocycles. The van der Waals surface area contributed by atoms with E-state index >= 15 is 0 Å². The standard InChI is InChI=1S/C24H23N3O2/c28-17-24(21-9-5-2-6-10-21)27-16-22(25-26-27)18-29-23-13-11-20(12-14-23)15-19-7-3-1-4-8-19/h1-14,16,24,28H,15,17-18H2. The van der Waals surface area contributed by atoms with E-state index in [0.29, 0.717) is 12.3 Å². The van der Waals surface area contributed by atoms with Crippen molar-refractivity contribution in [1.29, 1.82) is 0 Å². The highest BCUT2D eigenvalue weighted by molar-refractivity contribution is 5.31. The fourth-order valence-electron chi connectivity index (χ4n) is 3.24. The van der Waals surface area contributed by atoms with E-state index in [1.54, 1.807) is 4.68 Å². The van der Waals surface area contributed by atoms with Crippen molar-refractivity contribution in [1.82, 2.24) is 15.0 Å². The lowest BCUT2D eigenvalue weighted by Gasteiger charge is -2.14. The molecule has 1 N–H and O–H groups in total. The molecule has 0 spiro atoms. The summed E-state index contributed by atoms with van der Waals surface area (Å²) in [4.78, 5) is 0. The molecule has 4 aromatic rings. The van der Waals surface area contributed by atoms with Gasteiger partial charge in [0.1, 0.15) is 24.1 Å². The number of nitrogens with zero attached hydrogens (tertiary/aromatic N) is 3. The second-order valence-corrected chi connectivity index (χ2v) is 6.89. The van der Waals surface area contributed by atoms with Gasteiger partial charge < -0.3 is 9.84 Å². The molecule has 0 aliphatic rings. The molecule has 0 radical (unpaired) electrons. The highest BCUT2D eigenvalue weighted by Crippen LogP contribution is 2.18.